The summed E-state index contributed by atoms with van der Waals surface area (Å²) in [6, 6.07) is 0. The quantitative estimate of drug-likeness (QED) is 0.333. The zero-order valence-electron chi connectivity index (χ0n) is 23.3. The van der Waals surface area contributed by atoms with Crippen molar-refractivity contribution in [3.8, 4) is 0 Å². The van der Waals surface area contributed by atoms with Gasteiger partial charge in [0.25, 0.3) is 0 Å². The molecule has 0 heterocycles. The molecule has 8 atom stereocenters. The van der Waals surface area contributed by atoms with Crippen molar-refractivity contribution < 1.29 is 34.8 Å². The smallest absolute Gasteiger partial charge is 0.206 e. The Morgan fingerprint density at radius 3 is 2.22 bits per heavy atom. The SMILES string of the molecule is CC(C)(O)C=CC(=O)[C@@](C)(O)[C@@H]1[C@@H](O)C[C@]2(C)[C@@H]3CC=C4[C@H](C=C(O)C(=O)C4(C)C)[C@@]3(C)C(=O)C[C@]12C. The summed E-state index contributed by atoms with van der Waals surface area (Å²) in [6.45, 7) is 13.8. The second-order valence-corrected chi connectivity index (χ2v) is 13.9. The molecule has 0 unspecified atom stereocenters. The van der Waals surface area contributed by atoms with E-state index < -0.39 is 56.6 Å². The summed E-state index contributed by atoms with van der Waals surface area (Å²) in [4.78, 5) is 40.1. The average Bonchev–Trinajstić information content (AvgIpc) is 2.96. The number of ketones is 3. The van der Waals surface area contributed by atoms with Crippen LogP contribution in [0.2, 0.25) is 0 Å². The van der Waals surface area contributed by atoms with Gasteiger partial charge in [0.05, 0.1) is 17.1 Å². The van der Waals surface area contributed by atoms with Gasteiger partial charge in [-0.15, -0.1) is 0 Å². The third kappa shape index (κ3) is 3.60. The molecule has 204 valence electrons. The number of hydrogen-bond acceptors (Lipinski definition) is 7. The number of aliphatic hydroxyl groups excluding tert-OH is 2. The second-order valence-electron chi connectivity index (χ2n) is 13.9. The molecule has 4 aliphatic rings. The molecular weight excluding hydrogens is 472 g/mol. The predicted molar refractivity (Wildman–Crippen MR) is 138 cm³/mol. The Bertz CT molecular complexity index is 1150. The van der Waals surface area contributed by atoms with Crippen LogP contribution in [-0.2, 0) is 14.4 Å². The highest BCUT2D eigenvalue weighted by atomic mass is 16.3. The van der Waals surface area contributed by atoms with Crippen LogP contribution in [0, 0.1) is 39.4 Å². The molecule has 4 aliphatic carbocycles. The van der Waals surface area contributed by atoms with E-state index in [4.69, 9.17) is 0 Å². The Balaban J connectivity index is 1.82. The number of hydrogen-bond donors (Lipinski definition) is 4. The zero-order chi connectivity index (χ0) is 28.1. The molecule has 2 fully saturated rings. The third-order valence-corrected chi connectivity index (χ3v) is 10.8. The lowest BCUT2D eigenvalue weighted by atomic mass is 9.39. The maximum atomic E-state index is 14.2. The average molecular weight is 515 g/mol. The maximum absolute atomic E-state index is 14.2. The minimum absolute atomic E-state index is 0.0453. The summed E-state index contributed by atoms with van der Waals surface area (Å²) in [7, 11) is 0. The van der Waals surface area contributed by atoms with Gasteiger partial charge in [-0.05, 0) is 76.4 Å². The first-order chi connectivity index (χ1) is 16.7. The fraction of sp³-hybridized carbons (Fsp3) is 0.700. The lowest BCUT2D eigenvalue weighted by Gasteiger charge is -2.63. The number of rotatable bonds is 4. The molecule has 0 radical (unpaired) electrons. The Kier molecular flexibility index (Phi) is 6.01. The van der Waals surface area contributed by atoms with Gasteiger partial charge in [-0.3, -0.25) is 14.4 Å². The van der Waals surface area contributed by atoms with Gasteiger partial charge in [-0.2, -0.15) is 0 Å². The van der Waals surface area contributed by atoms with Crippen molar-refractivity contribution in [2.24, 2.45) is 39.4 Å². The zero-order valence-corrected chi connectivity index (χ0v) is 23.3. The molecule has 0 aliphatic heterocycles. The van der Waals surface area contributed by atoms with E-state index in [9.17, 15) is 34.8 Å². The molecule has 0 aromatic carbocycles. The highest BCUT2D eigenvalue weighted by Crippen LogP contribution is 2.73. The Hall–Kier alpha value is -2.09. The standard InChI is InChI=1S/C30H42O7/c1-25(2,36)12-11-21(33)30(8,37)23-19(32)14-27(5)20-10-9-16-17(13-18(31)24(35)26(16,3)4)29(20,7)22(34)15-28(23,27)6/h9,11-13,17,19-20,23,31-32,36-37H,10,14-15H2,1-8H3/t17-,19-,20-,23+,27+,28+,29+,30+/m0/s1. The predicted octanol–water partition coefficient (Wildman–Crippen LogP) is 3.62. The topological polar surface area (TPSA) is 132 Å². The maximum Gasteiger partial charge on any atom is 0.206 e. The molecule has 4 rings (SSSR count). The van der Waals surface area contributed by atoms with Gasteiger partial charge in [0, 0.05) is 23.7 Å². The van der Waals surface area contributed by atoms with Crippen molar-refractivity contribution in [3.63, 3.8) is 0 Å². The van der Waals surface area contributed by atoms with E-state index >= 15 is 0 Å². The highest BCUT2D eigenvalue weighted by Gasteiger charge is 2.74. The van der Waals surface area contributed by atoms with Crippen LogP contribution in [0.15, 0.2) is 35.6 Å². The lowest BCUT2D eigenvalue weighted by Crippen LogP contribution is -2.64. The van der Waals surface area contributed by atoms with Gasteiger partial charge in [0.2, 0.25) is 5.78 Å². The second kappa shape index (κ2) is 7.96. The minimum Gasteiger partial charge on any atom is -0.505 e. The fourth-order valence-corrected chi connectivity index (χ4v) is 8.58. The lowest BCUT2D eigenvalue weighted by molar-refractivity contribution is -0.179. The largest absolute Gasteiger partial charge is 0.505 e. The number of fused-ring (bicyclic) bond motifs is 5. The Labute approximate surface area is 219 Å². The summed E-state index contributed by atoms with van der Waals surface area (Å²) in [6.07, 6.45) is 5.85. The molecule has 0 aromatic heterocycles. The van der Waals surface area contributed by atoms with Crippen LogP contribution < -0.4 is 0 Å². The Morgan fingerprint density at radius 1 is 1.05 bits per heavy atom. The number of carbonyl (C=O) groups excluding carboxylic acids is 3. The monoisotopic (exact) mass is 514 g/mol. The summed E-state index contributed by atoms with van der Waals surface area (Å²) < 4.78 is 0. The third-order valence-electron chi connectivity index (χ3n) is 10.8. The summed E-state index contributed by atoms with van der Waals surface area (Å²) in [5.74, 6) is -2.98. The summed E-state index contributed by atoms with van der Waals surface area (Å²) >= 11 is 0. The van der Waals surface area contributed by atoms with Crippen LogP contribution in [0.4, 0.5) is 0 Å². The molecule has 0 spiro atoms. The van der Waals surface area contributed by atoms with Crippen molar-refractivity contribution in [1.29, 1.82) is 0 Å². The van der Waals surface area contributed by atoms with Crippen LogP contribution in [0.3, 0.4) is 0 Å². The fourth-order valence-electron chi connectivity index (χ4n) is 8.58. The summed E-state index contributed by atoms with van der Waals surface area (Å²) in [5.41, 5.74) is -5.75. The van der Waals surface area contributed by atoms with Crippen LogP contribution in [0.1, 0.15) is 74.7 Å². The number of allylic oxidation sites excluding steroid dienone is 4. The van der Waals surface area contributed by atoms with Crippen LogP contribution in [-0.4, -0.2) is 55.1 Å². The summed E-state index contributed by atoms with van der Waals surface area (Å²) in [5, 5.41) is 43.6. The molecule has 7 nitrogen and oxygen atoms in total. The number of Topliss-reactive ketones (excluding diaryl/α,β-unsaturated/α-hetero) is 2. The van der Waals surface area contributed by atoms with E-state index in [1.807, 2.05) is 26.8 Å². The van der Waals surface area contributed by atoms with E-state index in [-0.39, 0.29) is 29.7 Å². The molecule has 4 N–H and O–H groups in total. The van der Waals surface area contributed by atoms with Crippen LogP contribution >= 0.6 is 0 Å². The molecule has 0 saturated heterocycles. The van der Waals surface area contributed by atoms with E-state index in [0.717, 1.165) is 11.6 Å². The molecule has 0 aromatic rings. The van der Waals surface area contributed by atoms with Gasteiger partial charge >= 0.3 is 0 Å². The van der Waals surface area contributed by atoms with E-state index in [0.29, 0.717) is 12.8 Å². The first kappa shape index (κ1) is 27.9. The van der Waals surface area contributed by atoms with Gasteiger partial charge in [-0.1, -0.05) is 38.5 Å². The Morgan fingerprint density at radius 2 is 1.65 bits per heavy atom. The van der Waals surface area contributed by atoms with E-state index in [1.54, 1.807) is 13.8 Å². The normalized spacial score (nSPS) is 42.9. The van der Waals surface area contributed by atoms with Gasteiger partial charge in [0.1, 0.15) is 11.4 Å². The molecule has 7 heteroatoms. The molecule has 0 bridgehead atoms. The molecular formula is C30H42O7. The molecule has 0 amide bonds. The highest BCUT2D eigenvalue weighted by molar-refractivity contribution is 6.02. The van der Waals surface area contributed by atoms with E-state index in [1.165, 1.54) is 32.9 Å². The number of carbonyl (C=O) groups is 3. The van der Waals surface area contributed by atoms with Crippen molar-refractivity contribution in [1.82, 2.24) is 0 Å². The van der Waals surface area contributed by atoms with Crippen LogP contribution in [0.5, 0.6) is 0 Å². The van der Waals surface area contributed by atoms with Crippen molar-refractivity contribution in [2.75, 3.05) is 0 Å². The number of aliphatic hydroxyl groups is 4. The van der Waals surface area contributed by atoms with Gasteiger partial charge in [0.15, 0.2) is 11.5 Å². The van der Waals surface area contributed by atoms with Crippen LogP contribution in [0.25, 0.3) is 0 Å². The molecule has 2 saturated carbocycles. The van der Waals surface area contributed by atoms with Crippen molar-refractivity contribution >= 4 is 17.3 Å². The molecule has 37 heavy (non-hydrogen) atoms. The van der Waals surface area contributed by atoms with Gasteiger partial charge < -0.3 is 20.4 Å². The first-order valence-corrected chi connectivity index (χ1v) is 13.2. The van der Waals surface area contributed by atoms with Gasteiger partial charge in [-0.25, -0.2) is 0 Å². The first-order valence-electron chi connectivity index (χ1n) is 13.2. The van der Waals surface area contributed by atoms with Crippen molar-refractivity contribution in [2.45, 2.75) is 92.0 Å². The van der Waals surface area contributed by atoms with Crippen molar-refractivity contribution in [3.05, 3.63) is 35.6 Å². The minimum atomic E-state index is -1.96. The van der Waals surface area contributed by atoms with E-state index in [2.05, 4.69) is 0 Å².